The number of hydrogen-bond acceptors (Lipinski definition) is 3. The zero-order valence-corrected chi connectivity index (χ0v) is 12.0. The van der Waals surface area contributed by atoms with Crippen LogP contribution in [0.4, 0.5) is 0 Å². The molecule has 0 aliphatic rings. The quantitative estimate of drug-likeness (QED) is 0.801. The van der Waals surface area contributed by atoms with Gasteiger partial charge in [0.15, 0.2) is 0 Å². The van der Waals surface area contributed by atoms with Crippen LogP contribution in [-0.2, 0) is 11.2 Å². The van der Waals surface area contributed by atoms with Crippen LogP contribution in [0.3, 0.4) is 0 Å². The van der Waals surface area contributed by atoms with Gasteiger partial charge in [-0.05, 0) is 37.1 Å². The minimum Gasteiger partial charge on any atom is -0.462 e. The molecule has 1 heterocycles. The Morgan fingerprint density at radius 3 is 2.67 bits per heavy atom. The standard InChI is InChI=1S/C17H19NO3/c1-13-7-8-16(21-13)9-10-17(20)18-15(12-19)11-14-5-3-2-4-6-14/h2-10,15,19H,11-12H2,1H3,(H,18,20)/b10-9+/t15-/m0/s1. The Bertz CT molecular complexity index is 602. The molecule has 2 aromatic rings. The number of carbonyl (C=O) groups excluding carboxylic acids is 1. The number of furan rings is 1. The van der Waals surface area contributed by atoms with Crippen molar-refractivity contribution in [1.82, 2.24) is 5.32 Å². The lowest BCUT2D eigenvalue weighted by Crippen LogP contribution is -2.38. The number of amides is 1. The summed E-state index contributed by atoms with van der Waals surface area (Å²) in [6.45, 7) is 1.74. The maximum atomic E-state index is 11.8. The van der Waals surface area contributed by atoms with E-state index in [1.165, 1.54) is 6.08 Å². The number of nitrogens with one attached hydrogen (secondary N) is 1. The molecular weight excluding hydrogens is 266 g/mol. The third-order valence-corrected chi connectivity index (χ3v) is 3.05. The summed E-state index contributed by atoms with van der Waals surface area (Å²) in [5.74, 6) is 1.18. The average molecular weight is 285 g/mol. The molecule has 0 fully saturated rings. The Hall–Kier alpha value is -2.33. The van der Waals surface area contributed by atoms with Crippen LogP contribution in [0.5, 0.6) is 0 Å². The molecule has 0 bridgehead atoms. The van der Waals surface area contributed by atoms with E-state index in [-0.39, 0.29) is 18.6 Å². The van der Waals surface area contributed by atoms with Crippen molar-refractivity contribution in [3.63, 3.8) is 0 Å². The molecular formula is C17H19NO3. The third kappa shape index (κ3) is 4.93. The topological polar surface area (TPSA) is 62.5 Å². The highest BCUT2D eigenvalue weighted by Gasteiger charge is 2.10. The summed E-state index contributed by atoms with van der Waals surface area (Å²) in [5, 5.41) is 12.1. The third-order valence-electron chi connectivity index (χ3n) is 3.05. The van der Waals surface area contributed by atoms with Gasteiger partial charge >= 0.3 is 0 Å². The zero-order valence-electron chi connectivity index (χ0n) is 12.0. The monoisotopic (exact) mass is 285 g/mol. The summed E-state index contributed by atoms with van der Waals surface area (Å²) >= 11 is 0. The SMILES string of the molecule is Cc1ccc(/C=C/C(=O)N[C@H](CO)Cc2ccccc2)o1. The average Bonchev–Trinajstić information content (AvgIpc) is 2.91. The van der Waals surface area contributed by atoms with Crippen LogP contribution in [0.15, 0.2) is 53.0 Å². The largest absolute Gasteiger partial charge is 0.462 e. The van der Waals surface area contributed by atoms with Gasteiger partial charge in [0.05, 0.1) is 12.6 Å². The van der Waals surface area contributed by atoms with Gasteiger partial charge in [-0.25, -0.2) is 0 Å². The predicted molar refractivity (Wildman–Crippen MR) is 81.6 cm³/mol. The number of aryl methyl sites for hydroxylation is 1. The Morgan fingerprint density at radius 2 is 2.05 bits per heavy atom. The smallest absolute Gasteiger partial charge is 0.244 e. The van der Waals surface area contributed by atoms with Crippen molar-refractivity contribution in [2.45, 2.75) is 19.4 Å². The second-order valence-corrected chi connectivity index (χ2v) is 4.86. The second-order valence-electron chi connectivity index (χ2n) is 4.86. The van der Waals surface area contributed by atoms with Gasteiger partial charge in [0, 0.05) is 6.08 Å². The van der Waals surface area contributed by atoms with E-state index in [9.17, 15) is 9.90 Å². The van der Waals surface area contributed by atoms with Gasteiger partial charge in [0.1, 0.15) is 11.5 Å². The van der Waals surface area contributed by atoms with Crippen LogP contribution in [0.25, 0.3) is 6.08 Å². The van der Waals surface area contributed by atoms with Crippen molar-refractivity contribution in [2.24, 2.45) is 0 Å². The van der Waals surface area contributed by atoms with Gasteiger partial charge in [0.2, 0.25) is 5.91 Å². The molecule has 1 atom stereocenters. The molecule has 0 spiro atoms. The lowest BCUT2D eigenvalue weighted by atomic mass is 10.1. The molecule has 0 saturated heterocycles. The Kier molecular flexibility index (Phi) is 5.35. The van der Waals surface area contributed by atoms with Crippen molar-refractivity contribution >= 4 is 12.0 Å². The van der Waals surface area contributed by atoms with Gasteiger partial charge in [-0.3, -0.25) is 4.79 Å². The Balaban J connectivity index is 1.89. The minimum absolute atomic E-state index is 0.103. The number of hydrogen-bond donors (Lipinski definition) is 2. The molecule has 0 aliphatic carbocycles. The van der Waals surface area contributed by atoms with E-state index in [0.29, 0.717) is 12.2 Å². The molecule has 0 radical (unpaired) electrons. The van der Waals surface area contributed by atoms with Crippen LogP contribution in [-0.4, -0.2) is 23.7 Å². The molecule has 2 N–H and O–H groups in total. The van der Waals surface area contributed by atoms with E-state index < -0.39 is 0 Å². The maximum absolute atomic E-state index is 11.8. The van der Waals surface area contributed by atoms with Gasteiger partial charge < -0.3 is 14.8 Å². The number of carbonyl (C=O) groups is 1. The Morgan fingerprint density at radius 1 is 1.29 bits per heavy atom. The summed E-state index contributed by atoms with van der Waals surface area (Å²) < 4.78 is 5.34. The fraction of sp³-hybridized carbons (Fsp3) is 0.235. The summed E-state index contributed by atoms with van der Waals surface area (Å²) in [6, 6.07) is 13.1. The van der Waals surface area contributed by atoms with E-state index in [1.54, 1.807) is 12.1 Å². The summed E-state index contributed by atoms with van der Waals surface area (Å²) in [5.41, 5.74) is 1.07. The molecule has 2 rings (SSSR count). The molecule has 4 nitrogen and oxygen atoms in total. The van der Waals surface area contributed by atoms with Crippen LogP contribution in [0.1, 0.15) is 17.1 Å². The number of rotatable bonds is 6. The van der Waals surface area contributed by atoms with Crippen molar-refractivity contribution in [2.75, 3.05) is 6.61 Å². The van der Waals surface area contributed by atoms with E-state index in [2.05, 4.69) is 5.32 Å². The molecule has 1 amide bonds. The molecule has 0 saturated carbocycles. The maximum Gasteiger partial charge on any atom is 0.244 e. The van der Waals surface area contributed by atoms with Crippen LogP contribution in [0, 0.1) is 6.92 Å². The molecule has 21 heavy (non-hydrogen) atoms. The minimum atomic E-state index is -0.303. The number of benzene rings is 1. The molecule has 110 valence electrons. The van der Waals surface area contributed by atoms with Crippen LogP contribution < -0.4 is 5.32 Å². The van der Waals surface area contributed by atoms with Crippen molar-refractivity contribution in [1.29, 1.82) is 0 Å². The van der Waals surface area contributed by atoms with E-state index in [0.717, 1.165) is 11.3 Å². The molecule has 0 aliphatic heterocycles. The molecule has 0 unspecified atom stereocenters. The normalized spacial score (nSPS) is 12.5. The van der Waals surface area contributed by atoms with Gasteiger partial charge in [0.25, 0.3) is 0 Å². The summed E-state index contributed by atoms with van der Waals surface area (Å²) in [6.07, 6.45) is 3.61. The molecule has 4 heteroatoms. The Labute approximate surface area is 124 Å². The highest BCUT2D eigenvalue weighted by molar-refractivity contribution is 5.91. The molecule has 1 aromatic carbocycles. The number of aliphatic hydroxyl groups is 1. The van der Waals surface area contributed by atoms with Crippen molar-refractivity contribution in [3.05, 3.63) is 65.6 Å². The zero-order chi connectivity index (χ0) is 15.1. The fourth-order valence-corrected chi connectivity index (χ4v) is 2.01. The fourth-order valence-electron chi connectivity index (χ4n) is 2.01. The summed E-state index contributed by atoms with van der Waals surface area (Å²) in [4.78, 5) is 11.8. The lowest BCUT2D eigenvalue weighted by Gasteiger charge is -2.15. The lowest BCUT2D eigenvalue weighted by molar-refractivity contribution is -0.117. The predicted octanol–water partition coefficient (Wildman–Crippen LogP) is 2.32. The van der Waals surface area contributed by atoms with Crippen LogP contribution in [0.2, 0.25) is 0 Å². The van der Waals surface area contributed by atoms with Gasteiger partial charge in [-0.15, -0.1) is 0 Å². The van der Waals surface area contributed by atoms with Crippen molar-refractivity contribution in [3.8, 4) is 0 Å². The highest BCUT2D eigenvalue weighted by atomic mass is 16.3. The van der Waals surface area contributed by atoms with Crippen LogP contribution >= 0.6 is 0 Å². The van der Waals surface area contributed by atoms with E-state index >= 15 is 0 Å². The number of aliphatic hydroxyl groups excluding tert-OH is 1. The first-order chi connectivity index (χ1) is 10.2. The van der Waals surface area contributed by atoms with Crippen molar-refractivity contribution < 1.29 is 14.3 Å². The van der Waals surface area contributed by atoms with E-state index in [4.69, 9.17) is 4.42 Å². The summed E-state index contributed by atoms with van der Waals surface area (Å²) in [7, 11) is 0. The van der Waals surface area contributed by atoms with E-state index in [1.807, 2.05) is 43.3 Å². The highest BCUT2D eigenvalue weighted by Crippen LogP contribution is 2.08. The van der Waals surface area contributed by atoms with Gasteiger partial charge in [-0.2, -0.15) is 0 Å². The second kappa shape index (κ2) is 7.45. The first-order valence-corrected chi connectivity index (χ1v) is 6.87. The molecule has 1 aromatic heterocycles. The first-order valence-electron chi connectivity index (χ1n) is 6.87. The van der Waals surface area contributed by atoms with Gasteiger partial charge in [-0.1, -0.05) is 30.3 Å². The first kappa shape index (κ1) is 15.1.